The molecule has 2 aromatic heterocycles. The molecule has 0 bridgehead atoms. The summed E-state index contributed by atoms with van der Waals surface area (Å²) in [6, 6.07) is 8.39. The topological polar surface area (TPSA) is 29.8 Å². The highest BCUT2D eigenvalue weighted by atomic mass is 16.5. The molecule has 1 fully saturated rings. The van der Waals surface area contributed by atoms with Gasteiger partial charge in [0, 0.05) is 6.20 Å². The van der Waals surface area contributed by atoms with Crippen LogP contribution in [0.4, 0.5) is 0 Å². The fourth-order valence-electron chi connectivity index (χ4n) is 4.16. The molecular weight excluding hydrogens is 334 g/mol. The minimum absolute atomic E-state index is 0.653. The number of aromatic nitrogens is 2. The van der Waals surface area contributed by atoms with E-state index in [9.17, 15) is 0 Å². The zero-order chi connectivity index (χ0) is 18.6. The molecule has 27 heavy (non-hydrogen) atoms. The van der Waals surface area contributed by atoms with Crippen molar-refractivity contribution in [2.75, 3.05) is 26.2 Å². The van der Waals surface area contributed by atoms with E-state index < -0.39 is 0 Å². The molecule has 0 N–H and O–H groups in total. The summed E-state index contributed by atoms with van der Waals surface area (Å²) >= 11 is 0. The largest absolute Gasteiger partial charge is 0.491 e. The first-order valence-electron chi connectivity index (χ1n) is 10.5. The van der Waals surface area contributed by atoms with Crippen LogP contribution in [0.15, 0.2) is 36.7 Å². The van der Waals surface area contributed by atoms with Gasteiger partial charge in [-0.1, -0.05) is 25.8 Å². The summed E-state index contributed by atoms with van der Waals surface area (Å²) in [5.41, 5.74) is 4.48. The third-order valence-corrected chi connectivity index (χ3v) is 5.95. The quantitative estimate of drug-likeness (QED) is 0.547. The summed E-state index contributed by atoms with van der Waals surface area (Å²) in [7, 11) is 0. The highest BCUT2D eigenvalue weighted by Crippen LogP contribution is 2.27. The van der Waals surface area contributed by atoms with Gasteiger partial charge in [-0.25, -0.2) is 4.98 Å². The lowest BCUT2D eigenvalue weighted by molar-refractivity contribution is 0.140. The second kappa shape index (κ2) is 8.30. The molecule has 0 atom stereocenters. The van der Waals surface area contributed by atoms with Crippen molar-refractivity contribution in [2.45, 2.75) is 46.0 Å². The zero-order valence-electron chi connectivity index (χ0n) is 16.7. The maximum atomic E-state index is 6.25. The van der Waals surface area contributed by atoms with E-state index >= 15 is 0 Å². The Labute approximate surface area is 162 Å². The molecule has 1 aliphatic heterocycles. The number of hydrogen-bond acceptors (Lipinski definition) is 3. The summed E-state index contributed by atoms with van der Waals surface area (Å²) in [6.07, 6.45) is 10.6. The number of likely N-dealkylation sites (tertiary alicyclic amines) is 1. The predicted octanol–water partition coefficient (Wildman–Crippen LogP) is 5.08. The average Bonchev–Trinajstić information content (AvgIpc) is 3.09. The van der Waals surface area contributed by atoms with Crippen molar-refractivity contribution in [1.82, 2.24) is 14.3 Å². The van der Waals surface area contributed by atoms with Gasteiger partial charge in [-0.05, 0) is 75.5 Å². The lowest BCUT2D eigenvalue weighted by Crippen LogP contribution is -2.36. The third kappa shape index (κ3) is 3.96. The molecule has 0 radical (unpaired) electrons. The second-order valence-corrected chi connectivity index (χ2v) is 7.94. The number of piperidine rings is 1. The Bertz CT molecular complexity index is 893. The van der Waals surface area contributed by atoms with Crippen molar-refractivity contribution in [3.63, 3.8) is 0 Å². The van der Waals surface area contributed by atoms with Crippen LogP contribution in [0.3, 0.4) is 0 Å². The van der Waals surface area contributed by atoms with Crippen molar-refractivity contribution in [3.05, 3.63) is 42.2 Å². The van der Waals surface area contributed by atoms with Crippen molar-refractivity contribution >= 4 is 16.6 Å². The number of para-hydroxylation sites is 1. The first kappa shape index (κ1) is 18.3. The number of ether oxygens (including phenoxy) is 1. The third-order valence-electron chi connectivity index (χ3n) is 5.95. The number of fused-ring (bicyclic) bond motifs is 3. The molecule has 0 unspecified atom stereocenters. The van der Waals surface area contributed by atoms with Gasteiger partial charge in [0.2, 0.25) is 0 Å². The van der Waals surface area contributed by atoms with Crippen LogP contribution in [-0.2, 0) is 0 Å². The van der Waals surface area contributed by atoms with E-state index in [2.05, 4.69) is 53.6 Å². The Kier molecular flexibility index (Phi) is 5.63. The van der Waals surface area contributed by atoms with E-state index in [1.807, 2.05) is 6.20 Å². The Balaban J connectivity index is 1.39. The highest BCUT2D eigenvalue weighted by molar-refractivity contribution is 5.84. The number of benzene rings is 1. The highest BCUT2D eigenvalue weighted by Gasteiger charge is 2.20. The van der Waals surface area contributed by atoms with Gasteiger partial charge in [0.25, 0.3) is 0 Å². The molecule has 1 aliphatic rings. The van der Waals surface area contributed by atoms with Gasteiger partial charge in [0.15, 0.2) is 0 Å². The van der Waals surface area contributed by atoms with Crippen LogP contribution in [0, 0.1) is 12.8 Å². The van der Waals surface area contributed by atoms with E-state index in [-0.39, 0.29) is 0 Å². The Morgan fingerprint density at radius 2 is 1.96 bits per heavy atom. The average molecular weight is 366 g/mol. The first-order chi connectivity index (χ1) is 13.3. The maximum Gasteiger partial charge on any atom is 0.147 e. The molecule has 144 valence electrons. The molecule has 0 spiro atoms. The number of nitrogens with zero attached hydrogens (tertiary/aromatic N) is 3. The molecule has 1 saturated heterocycles. The van der Waals surface area contributed by atoms with Crippen LogP contribution in [0.25, 0.3) is 16.6 Å². The van der Waals surface area contributed by atoms with Crippen LogP contribution < -0.4 is 4.74 Å². The van der Waals surface area contributed by atoms with Gasteiger partial charge >= 0.3 is 0 Å². The van der Waals surface area contributed by atoms with Crippen LogP contribution in [-0.4, -0.2) is 40.5 Å². The van der Waals surface area contributed by atoms with E-state index in [0.717, 1.165) is 28.9 Å². The predicted molar refractivity (Wildman–Crippen MR) is 112 cm³/mol. The molecule has 4 nitrogen and oxygen atoms in total. The van der Waals surface area contributed by atoms with Gasteiger partial charge in [0.05, 0.1) is 23.8 Å². The molecule has 4 rings (SSSR count). The van der Waals surface area contributed by atoms with E-state index in [4.69, 9.17) is 9.72 Å². The van der Waals surface area contributed by atoms with Crippen molar-refractivity contribution in [3.8, 4) is 5.75 Å². The Hall–Kier alpha value is -2.07. The summed E-state index contributed by atoms with van der Waals surface area (Å²) in [5.74, 6) is 1.56. The van der Waals surface area contributed by atoms with Crippen molar-refractivity contribution in [2.24, 2.45) is 5.92 Å². The van der Waals surface area contributed by atoms with Crippen LogP contribution >= 0.6 is 0 Å². The Morgan fingerprint density at radius 3 is 2.78 bits per heavy atom. The van der Waals surface area contributed by atoms with Crippen molar-refractivity contribution in [1.29, 1.82) is 0 Å². The molecule has 3 aromatic rings. The van der Waals surface area contributed by atoms with Crippen LogP contribution in [0.2, 0.25) is 0 Å². The normalized spacial score (nSPS) is 16.4. The molecule has 0 amide bonds. The summed E-state index contributed by atoms with van der Waals surface area (Å²) < 4.78 is 8.46. The zero-order valence-corrected chi connectivity index (χ0v) is 16.7. The molecule has 0 saturated carbocycles. The second-order valence-electron chi connectivity index (χ2n) is 7.94. The minimum Gasteiger partial charge on any atom is -0.491 e. The summed E-state index contributed by atoms with van der Waals surface area (Å²) in [5, 5.41) is 0. The lowest BCUT2D eigenvalue weighted by Gasteiger charge is -2.31. The molecular formula is C23H31N3O. The SMILES string of the molecule is CCCCCN1CCC(COc2cccc3c2ncc2c(C)ccn23)CC1. The van der Waals surface area contributed by atoms with Gasteiger partial charge in [0.1, 0.15) is 11.3 Å². The van der Waals surface area contributed by atoms with Gasteiger partial charge in [-0.2, -0.15) is 0 Å². The van der Waals surface area contributed by atoms with Crippen LogP contribution in [0.5, 0.6) is 5.75 Å². The fourth-order valence-corrected chi connectivity index (χ4v) is 4.16. The van der Waals surface area contributed by atoms with Crippen molar-refractivity contribution < 1.29 is 4.74 Å². The first-order valence-corrected chi connectivity index (χ1v) is 10.5. The molecule has 4 heteroatoms. The van der Waals surface area contributed by atoms with E-state index in [1.165, 1.54) is 57.3 Å². The molecule has 3 heterocycles. The smallest absolute Gasteiger partial charge is 0.147 e. The molecule has 1 aromatic carbocycles. The monoisotopic (exact) mass is 365 g/mol. The fraction of sp³-hybridized carbons (Fsp3) is 0.522. The standard InChI is InChI=1S/C23H31N3O/c1-3-4-5-12-25-13-10-19(11-14-25)17-27-22-8-6-7-20-23(22)24-16-21-18(2)9-15-26(20)21/h6-9,15-16,19H,3-5,10-14,17H2,1-2H3. The van der Waals surface area contributed by atoms with Gasteiger partial charge in [-0.3, -0.25) is 0 Å². The van der Waals surface area contributed by atoms with Crippen LogP contribution in [0.1, 0.15) is 44.6 Å². The van der Waals surface area contributed by atoms with Gasteiger partial charge < -0.3 is 14.0 Å². The van der Waals surface area contributed by atoms with E-state index in [0.29, 0.717) is 5.92 Å². The number of unbranched alkanes of at least 4 members (excludes halogenated alkanes) is 2. The summed E-state index contributed by atoms with van der Waals surface area (Å²) in [4.78, 5) is 7.33. The molecule has 0 aliphatic carbocycles. The van der Waals surface area contributed by atoms with E-state index in [1.54, 1.807) is 0 Å². The minimum atomic E-state index is 0.653. The number of hydrogen-bond donors (Lipinski definition) is 0. The number of aryl methyl sites for hydroxylation is 1. The van der Waals surface area contributed by atoms with Gasteiger partial charge in [-0.15, -0.1) is 0 Å². The maximum absolute atomic E-state index is 6.25. The Morgan fingerprint density at radius 1 is 1.11 bits per heavy atom. The lowest BCUT2D eigenvalue weighted by atomic mass is 9.97. The summed E-state index contributed by atoms with van der Waals surface area (Å²) in [6.45, 7) is 8.89. The number of rotatable bonds is 7.